The summed E-state index contributed by atoms with van der Waals surface area (Å²) in [5.41, 5.74) is -0.105. The third-order valence-electron chi connectivity index (χ3n) is 4.89. The normalized spacial score (nSPS) is 15.4. The second-order valence-electron chi connectivity index (χ2n) is 7.13. The van der Waals surface area contributed by atoms with Crippen molar-refractivity contribution in [2.24, 2.45) is 7.05 Å². The Morgan fingerprint density at radius 1 is 1.26 bits per heavy atom. The van der Waals surface area contributed by atoms with Crippen LogP contribution in [0.25, 0.3) is 0 Å². The van der Waals surface area contributed by atoms with Gasteiger partial charge in [-0.15, -0.1) is 0 Å². The SMILES string of the molecule is CC(C)n1c(C2CCN(C(=O)COc3ccc(F)cc3)CC2)nn(C)c1=O. The first-order valence-electron chi connectivity index (χ1n) is 9.18. The molecule has 0 atom stereocenters. The summed E-state index contributed by atoms with van der Waals surface area (Å²) in [6.07, 6.45) is 1.51. The van der Waals surface area contributed by atoms with Crippen LogP contribution < -0.4 is 10.4 Å². The number of ether oxygens (including phenoxy) is 1. The molecule has 3 rings (SSSR count). The van der Waals surface area contributed by atoms with E-state index < -0.39 is 0 Å². The number of hydrogen-bond donors (Lipinski definition) is 0. The summed E-state index contributed by atoms with van der Waals surface area (Å²) in [6, 6.07) is 5.64. The monoisotopic (exact) mass is 376 g/mol. The highest BCUT2D eigenvalue weighted by atomic mass is 19.1. The predicted molar refractivity (Wildman–Crippen MR) is 98.3 cm³/mol. The number of likely N-dealkylation sites (tertiary alicyclic amines) is 1. The van der Waals surface area contributed by atoms with Crippen molar-refractivity contribution < 1.29 is 13.9 Å². The summed E-state index contributed by atoms with van der Waals surface area (Å²) in [7, 11) is 1.66. The predicted octanol–water partition coefficient (Wildman–Crippen LogP) is 2.09. The molecule has 27 heavy (non-hydrogen) atoms. The number of aryl methyl sites for hydroxylation is 1. The molecule has 0 aliphatic carbocycles. The minimum Gasteiger partial charge on any atom is -0.484 e. The number of carbonyl (C=O) groups is 1. The lowest BCUT2D eigenvalue weighted by Gasteiger charge is -2.31. The molecule has 0 spiro atoms. The van der Waals surface area contributed by atoms with Gasteiger partial charge in [-0.25, -0.2) is 13.9 Å². The number of rotatable bonds is 5. The average Bonchev–Trinajstić information content (AvgIpc) is 2.96. The van der Waals surface area contributed by atoms with Crippen molar-refractivity contribution in [2.45, 2.75) is 38.6 Å². The first-order valence-corrected chi connectivity index (χ1v) is 9.18. The van der Waals surface area contributed by atoms with Crippen LogP contribution in [0.1, 0.15) is 44.5 Å². The van der Waals surface area contributed by atoms with E-state index in [1.54, 1.807) is 16.5 Å². The Labute approximate surface area is 157 Å². The summed E-state index contributed by atoms with van der Waals surface area (Å²) in [4.78, 5) is 26.4. The van der Waals surface area contributed by atoms with Gasteiger partial charge in [0.2, 0.25) is 0 Å². The zero-order chi connectivity index (χ0) is 19.6. The van der Waals surface area contributed by atoms with E-state index in [0.717, 1.165) is 18.7 Å². The van der Waals surface area contributed by atoms with Crippen LogP contribution in [-0.2, 0) is 11.8 Å². The van der Waals surface area contributed by atoms with E-state index in [9.17, 15) is 14.0 Å². The summed E-state index contributed by atoms with van der Waals surface area (Å²) in [5.74, 6) is 0.981. The highest BCUT2D eigenvalue weighted by molar-refractivity contribution is 5.77. The number of amides is 1. The van der Waals surface area contributed by atoms with Crippen LogP contribution in [0.15, 0.2) is 29.1 Å². The maximum Gasteiger partial charge on any atom is 0.345 e. The van der Waals surface area contributed by atoms with Gasteiger partial charge >= 0.3 is 5.69 Å². The number of aromatic nitrogens is 3. The fourth-order valence-corrected chi connectivity index (χ4v) is 3.42. The molecule has 1 fully saturated rings. The van der Waals surface area contributed by atoms with Crippen molar-refractivity contribution in [1.82, 2.24) is 19.2 Å². The van der Waals surface area contributed by atoms with Gasteiger partial charge < -0.3 is 9.64 Å². The second kappa shape index (κ2) is 7.94. The molecule has 8 heteroatoms. The van der Waals surface area contributed by atoms with Crippen LogP contribution in [0.3, 0.4) is 0 Å². The molecule has 1 aromatic heterocycles. The molecular weight excluding hydrogens is 351 g/mol. The van der Waals surface area contributed by atoms with Crippen LogP contribution in [0.2, 0.25) is 0 Å². The lowest BCUT2D eigenvalue weighted by Crippen LogP contribution is -2.41. The molecule has 0 unspecified atom stereocenters. The zero-order valence-corrected chi connectivity index (χ0v) is 15.9. The first kappa shape index (κ1) is 19.1. The third kappa shape index (κ3) is 4.20. The van der Waals surface area contributed by atoms with Crippen molar-refractivity contribution in [3.8, 4) is 5.75 Å². The first-order chi connectivity index (χ1) is 12.9. The number of piperidine rings is 1. The average molecular weight is 376 g/mol. The lowest BCUT2D eigenvalue weighted by atomic mass is 9.95. The molecule has 1 aromatic carbocycles. The molecule has 1 aliphatic heterocycles. The fourth-order valence-electron chi connectivity index (χ4n) is 3.42. The quantitative estimate of drug-likeness (QED) is 0.801. The van der Waals surface area contributed by atoms with Crippen LogP contribution in [-0.4, -0.2) is 44.9 Å². The Balaban J connectivity index is 1.57. The fraction of sp³-hybridized carbons (Fsp3) is 0.526. The highest BCUT2D eigenvalue weighted by Crippen LogP contribution is 2.27. The Morgan fingerprint density at radius 3 is 2.48 bits per heavy atom. The largest absolute Gasteiger partial charge is 0.484 e. The van der Waals surface area contributed by atoms with E-state index in [1.165, 1.54) is 28.9 Å². The van der Waals surface area contributed by atoms with Gasteiger partial charge in [-0.3, -0.25) is 9.36 Å². The lowest BCUT2D eigenvalue weighted by molar-refractivity contribution is -0.134. The van der Waals surface area contributed by atoms with Gasteiger partial charge in [0.15, 0.2) is 6.61 Å². The molecule has 2 aromatic rings. The van der Waals surface area contributed by atoms with Crippen molar-refractivity contribution in [3.63, 3.8) is 0 Å². The van der Waals surface area contributed by atoms with Gasteiger partial charge in [0, 0.05) is 32.1 Å². The van der Waals surface area contributed by atoms with Gasteiger partial charge in [0.05, 0.1) is 0 Å². The van der Waals surface area contributed by atoms with Crippen LogP contribution in [0.4, 0.5) is 4.39 Å². The smallest absolute Gasteiger partial charge is 0.345 e. The molecule has 0 saturated carbocycles. The van der Waals surface area contributed by atoms with Gasteiger partial charge in [-0.2, -0.15) is 5.10 Å². The molecule has 0 bridgehead atoms. The second-order valence-corrected chi connectivity index (χ2v) is 7.13. The Bertz CT molecular complexity index is 849. The summed E-state index contributed by atoms with van der Waals surface area (Å²) in [6.45, 7) is 5.06. The Morgan fingerprint density at radius 2 is 1.89 bits per heavy atom. The van der Waals surface area contributed by atoms with Crippen molar-refractivity contribution in [2.75, 3.05) is 19.7 Å². The van der Waals surface area contributed by atoms with Gasteiger partial charge in [0.1, 0.15) is 17.4 Å². The number of nitrogens with zero attached hydrogens (tertiary/aromatic N) is 4. The molecule has 2 heterocycles. The Kier molecular flexibility index (Phi) is 5.62. The maximum atomic E-state index is 12.9. The summed E-state index contributed by atoms with van der Waals surface area (Å²) in [5, 5.41) is 4.42. The molecule has 1 aliphatic rings. The molecule has 1 amide bonds. The molecule has 0 N–H and O–H groups in total. The van der Waals surface area contributed by atoms with E-state index >= 15 is 0 Å². The third-order valence-corrected chi connectivity index (χ3v) is 4.89. The van der Waals surface area contributed by atoms with Crippen LogP contribution in [0, 0.1) is 5.82 Å². The molecular formula is C19H25FN4O3. The number of hydrogen-bond acceptors (Lipinski definition) is 4. The number of benzene rings is 1. The standard InChI is InChI=1S/C19H25FN4O3/c1-13(2)24-18(21-22(3)19(24)26)14-8-10-23(11-9-14)17(25)12-27-16-6-4-15(20)5-7-16/h4-7,13-14H,8-12H2,1-3H3. The zero-order valence-electron chi connectivity index (χ0n) is 15.9. The van der Waals surface area contributed by atoms with Crippen LogP contribution in [0.5, 0.6) is 5.75 Å². The number of carbonyl (C=O) groups excluding carboxylic acids is 1. The molecule has 0 radical (unpaired) electrons. The molecule has 146 valence electrons. The van der Waals surface area contributed by atoms with Crippen molar-refractivity contribution in [1.29, 1.82) is 0 Å². The summed E-state index contributed by atoms with van der Waals surface area (Å²) < 4.78 is 21.5. The van der Waals surface area contributed by atoms with Gasteiger partial charge in [-0.05, 0) is 51.0 Å². The van der Waals surface area contributed by atoms with E-state index in [0.29, 0.717) is 18.8 Å². The van der Waals surface area contributed by atoms with Crippen LogP contribution >= 0.6 is 0 Å². The molecule has 7 nitrogen and oxygen atoms in total. The van der Waals surface area contributed by atoms with Crippen molar-refractivity contribution >= 4 is 5.91 Å². The van der Waals surface area contributed by atoms with E-state index in [2.05, 4.69) is 5.10 Å². The minimum atomic E-state index is -0.342. The number of halogens is 1. The molecule has 1 saturated heterocycles. The van der Waals surface area contributed by atoms with Crippen molar-refractivity contribution in [3.05, 3.63) is 46.4 Å². The maximum absolute atomic E-state index is 12.9. The van der Waals surface area contributed by atoms with E-state index in [1.807, 2.05) is 13.8 Å². The minimum absolute atomic E-state index is 0.0463. The van der Waals surface area contributed by atoms with Gasteiger partial charge in [0.25, 0.3) is 5.91 Å². The van der Waals surface area contributed by atoms with Gasteiger partial charge in [-0.1, -0.05) is 0 Å². The topological polar surface area (TPSA) is 69.4 Å². The Hall–Kier alpha value is -2.64. The van der Waals surface area contributed by atoms with E-state index in [-0.39, 0.29) is 36.0 Å². The summed E-state index contributed by atoms with van der Waals surface area (Å²) >= 11 is 0. The van der Waals surface area contributed by atoms with E-state index in [4.69, 9.17) is 4.74 Å². The highest BCUT2D eigenvalue weighted by Gasteiger charge is 2.29.